The van der Waals surface area contributed by atoms with E-state index < -0.39 is 12.1 Å². The third kappa shape index (κ3) is 3.85. The molecule has 0 spiro atoms. The van der Waals surface area contributed by atoms with Crippen molar-refractivity contribution in [2.45, 2.75) is 25.0 Å². The number of benzene rings is 1. The highest BCUT2D eigenvalue weighted by molar-refractivity contribution is 8.14. The van der Waals surface area contributed by atoms with E-state index in [1.165, 1.54) is 19.2 Å². The zero-order valence-corrected chi connectivity index (χ0v) is 12.5. The van der Waals surface area contributed by atoms with Crippen LogP contribution in [0.4, 0.5) is 18.0 Å². The minimum Gasteiger partial charge on any atom is -0.493 e. The van der Waals surface area contributed by atoms with Crippen molar-refractivity contribution in [3.63, 3.8) is 0 Å². The van der Waals surface area contributed by atoms with Gasteiger partial charge in [-0.1, -0.05) is 18.7 Å². The average Bonchev–Trinajstić information content (AvgIpc) is 2.45. The zero-order chi connectivity index (χ0) is 16.3. The lowest BCUT2D eigenvalue weighted by molar-refractivity contribution is -0.275. The standard InChI is InChI=1S/C13H13F3N2O3S/c1-3-10-11(17-18-12(19)22-10)7-4-5-8(20-2)9(6-7)21-13(14,15)16/h4-6,10H,3H2,1-2H3,(H,18,19). The number of hydrogen-bond donors (Lipinski definition) is 1. The number of carbonyl (C=O) groups excluding carboxylic acids is 1. The number of alkyl halides is 3. The van der Waals surface area contributed by atoms with Crippen LogP contribution in [0.1, 0.15) is 18.9 Å². The molecule has 1 N–H and O–H groups in total. The second kappa shape index (κ2) is 6.47. The number of halogens is 3. The molecule has 1 amide bonds. The van der Waals surface area contributed by atoms with E-state index in [2.05, 4.69) is 15.3 Å². The average molecular weight is 334 g/mol. The van der Waals surface area contributed by atoms with E-state index in [0.717, 1.165) is 11.8 Å². The van der Waals surface area contributed by atoms with Gasteiger partial charge in [0.15, 0.2) is 11.5 Å². The van der Waals surface area contributed by atoms with Crippen LogP contribution in [0.2, 0.25) is 0 Å². The Balaban J connectivity index is 2.39. The first kappa shape index (κ1) is 16.5. The highest BCUT2D eigenvalue weighted by atomic mass is 32.2. The lowest BCUT2D eigenvalue weighted by Gasteiger charge is -2.21. The topological polar surface area (TPSA) is 59.9 Å². The van der Waals surface area contributed by atoms with Crippen LogP contribution < -0.4 is 14.9 Å². The summed E-state index contributed by atoms with van der Waals surface area (Å²) in [5.41, 5.74) is 3.23. The number of hydrogen-bond acceptors (Lipinski definition) is 5. The molecule has 120 valence electrons. The molecule has 0 saturated heterocycles. The maximum atomic E-state index is 12.5. The van der Waals surface area contributed by atoms with E-state index in [0.29, 0.717) is 17.7 Å². The first-order valence-electron chi connectivity index (χ1n) is 6.32. The second-order valence-corrected chi connectivity index (χ2v) is 5.50. The van der Waals surface area contributed by atoms with E-state index in [1.54, 1.807) is 6.07 Å². The molecular weight excluding hydrogens is 321 g/mol. The third-order valence-electron chi connectivity index (χ3n) is 2.88. The predicted octanol–water partition coefficient (Wildman–Crippen LogP) is 3.53. The fraction of sp³-hybridized carbons (Fsp3) is 0.385. The van der Waals surface area contributed by atoms with Crippen LogP contribution in [0.3, 0.4) is 0 Å². The molecular formula is C13H13F3N2O3S. The number of nitrogens with one attached hydrogen (secondary N) is 1. The Kier molecular flexibility index (Phi) is 4.84. The van der Waals surface area contributed by atoms with Crippen molar-refractivity contribution >= 4 is 22.7 Å². The molecule has 1 atom stereocenters. The molecule has 5 nitrogen and oxygen atoms in total. The van der Waals surface area contributed by atoms with Gasteiger partial charge >= 0.3 is 6.36 Å². The van der Waals surface area contributed by atoms with E-state index in [9.17, 15) is 18.0 Å². The van der Waals surface area contributed by atoms with Crippen LogP contribution >= 0.6 is 11.8 Å². The monoisotopic (exact) mass is 334 g/mol. The van der Waals surface area contributed by atoms with E-state index in [4.69, 9.17) is 4.74 Å². The van der Waals surface area contributed by atoms with Gasteiger partial charge in [0, 0.05) is 5.56 Å². The lowest BCUT2D eigenvalue weighted by Crippen LogP contribution is -2.31. The van der Waals surface area contributed by atoms with Crippen LogP contribution in [0.25, 0.3) is 0 Å². The molecule has 1 heterocycles. The Labute approximate surface area is 128 Å². The summed E-state index contributed by atoms with van der Waals surface area (Å²) in [6, 6.07) is 4.14. The van der Waals surface area contributed by atoms with Gasteiger partial charge in [-0.05, 0) is 24.6 Å². The summed E-state index contributed by atoms with van der Waals surface area (Å²) in [6.07, 6.45) is -4.22. The number of methoxy groups -OCH3 is 1. The summed E-state index contributed by atoms with van der Waals surface area (Å²) in [6.45, 7) is 1.86. The molecule has 1 aliphatic heterocycles. The molecule has 22 heavy (non-hydrogen) atoms. The smallest absolute Gasteiger partial charge is 0.493 e. The van der Waals surface area contributed by atoms with Gasteiger partial charge in [0.05, 0.1) is 18.1 Å². The number of ether oxygens (including phenoxy) is 2. The minimum atomic E-state index is -4.83. The fourth-order valence-electron chi connectivity index (χ4n) is 1.96. The Morgan fingerprint density at radius 2 is 2.09 bits per heavy atom. The summed E-state index contributed by atoms with van der Waals surface area (Å²) in [5.74, 6) is -0.492. The Hall–Kier alpha value is -1.90. The van der Waals surface area contributed by atoms with Gasteiger partial charge in [0.25, 0.3) is 5.24 Å². The van der Waals surface area contributed by atoms with Crippen LogP contribution in [-0.2, 0) is 0 Å². The van der Waals surface area contributed by atoms with Gasteiger partial charge in [0.1, 0.15) is 0 Å². The summed E-state index contributed by atoms with van der Waals surface area (Å²) < 4.78 is 46.2. The van der Waals surface area contributed by atoms with Gasteiger partial charge in [0.2, 0.25) is 0 Å². The first-order valence-corrected chi connectivity index (χ1v) is 7.20. The fourth-order valence-corrected chi connectivity index (χ4v) is 2.78. The molecule has 0 fully saturated rings. The highest BCUT2D eigenvalue weighted by Crippen LogP contribution is 2.34. The second-order valence-electron chi connectivity index (χ2n) is 4.32. The van der Waals surface area contributed by atoms with Crippen molar-refractivity contribution < 1.29 is 27.4 Å². The molecule has 1 aromatic carbocycles. The highest BCUT2D eigenvalue weighted by Gasteiger charge is 2.33. The molecule has 0 bridgehead atoms. The Morgan fingerprint density at radius 1 is 1.36 bits per heavy atom. The van der Waals surface area contributed by atoms with Crippen molar-refractivity contribution in [3.8, 4) is 11.5 Å². The Bertz CT molecular complexity index is 605. The summed E-state index contributed by atoms with van der Waals surface area (Å²) in [7, 11) is 1.25. The van der Waals surface area contributed by atoms with Gasteiger partial charge in [-0.25, -0.2) is 5.43 Å². The normalized spacial score (nSPS) is 18.5. The van der Waals surface area contributed by atoms with Crippen LogP contribution in [-0.4, -0.2) is 29.7 Å². The number of nitrogens with zero attached hydrogens (tertiary/aromatic N) is 1. The van der Waals surface area contributed by atoms with Crippen molar-refractivity contribution in [2.75, 3.05) is 7.11 Å². The zero-order valence-electron chi connectivity index (χ0n) is 11.7. The maximum Gasteiger partial charge on any atom is 0.573 e. The lowest BCUT2D eigenvalue weighted by atomic mass is 10.0. The van der Waals surface area contributed by atoms with Gasteiger partial charge in [-0.2, -0.15) is 5.10 Å². The summed E-state index contributed by atoms with van der Waals surface area (Å²) >= 11 is 1.04. The van der Waals surface area contributed by atoms with E-state index in [-0.39, 0.29) is 16.2 Å². The van der Waals surface area contributed by atoms with Crippen molar-refractivity contribution in [2.24, 2.45) is 5.10 Å². The van der Waals surface area contributed by atoms with Gasteiger partial charge in [-0.3, -0.25) is 4.79 Å². The molecule has 1 aromatic rings. The summed E-state index contributed by atoms with van der Waals surface area (Å²) in [4.78, 5) is 11.3. The van der Waals surface area contributed by atoms with Crippen LogP contribution in [0, 0.1) is 0 Å². The molecule has 0 aromatic heterocycles. The number of rotatable bonds is 4. The molecule has 2 rings (SSSR count). The number of carbonyl (C=O) groups is 1. The number of thioether (sulfide) groups is 1. The van der Waals surface area contributed by atoms with Gasteiger partial charge < -0.3 is 9.47 Å². The van der Waals surface area contributed by atoms with Crippen molar-refractivity contribution in [1.29, 1.82) is 0 Å². The molecule has 0 radical (unpaired) electrons. The van der Waals surface area contributed by atoms with E-state index >= 15 is 0 Å². The van der Waals surface area contributed by atoms with Crippen molar-refractivity contribution in [1.82, 2.24) is 5.43 Å². The summed E-state index contributed by atoms with van der Waals surface area (Å²) in [5, 5.41) is 3.41. The number of hydrazone groups is 1. The molecule has 1 aliphatic rings. The largest absolute Gasteiger partial charge is 0.573 e. The molecule has 1 unspecified atom stereocenters. The first-order chi connectivity index (χ1) is 10.3. The maximum absolute atomic E-state index is 12.5. The predicted molar refractivity (Wildman–Crippen MR) is 76.4 cm³/mol. The van der Waals surface area contributed by atoms with Crippen LogP contribution in [0.15, 0.2) is 23.3 Å². The van der Waals surface area contributed by atoms with E-state index in [1.807, 2.05) is 6.92 Å². The minimum absolute atomic E-state index is 0.0396. The molecule has 0 aliphatic carbocycles. The van der Waals surface area contributed by atoms with Gasteiger partial charge in [-0.15, -0.1) is 13.2 Å². The third-order valence-corrected chi connectivity index (χ3v) is 4.02. The molecule has 9 heteroatoms. The Morgan fingerprint density at radius 3 is 2.68 bits per heavy atom. The quantitative estimate of drug-likeness (QED) is 0.915. The SMILES string of the molecule is CCC1SC(=O)NN=C1c1ccc(OC)c(OC(F)(F)F)c1. The van der Waals surface area contributed by atoms with Crippen LogP contribution in [0.5, 0.6) is 11.5 Å². The number of amides is 1. The van der Waals surface area contributed by atoms with Crippen molar-refractivity contribution in [3.05, 3.63) is 23.8 Å². The molecule has 0 saturated carbocycles.